The van der Waals surface area contributed by atoms with Crippen LogP contribution in [0, 0.1) is 17.0 Å². The molecule has 2 aromatic rings. The highest BCUT2D eigenvalue weighted by Crippen LogP contribution is 2.41. The van der Waals surface area contributed by atoms with Crippen molar-refractivity contribution in [1.82, 2.24) is 0 Å². The predicted molar refractivity (Wildman–Crippen MR) is 86.4 cm³/mol. The molecule has 1 heterocycles. The average molecular weight is 321 g/mol. The van der Waals surface area contributed by atoms with E-state index in [9.17, 15) is 10.1 Å². The molecule has 1 aliphatic heterocycles. The first-order valence-corrected chi connectivity index (χ1v) is 7.85. The summed E-state index contributed by atoms with van der Waals surface area (Å²) in [6.45, 7) is 1.85. The van der Waals surface area contributed by atoms with Crippen LogP contribution < -0.4 is 5.32 Å². The fraction of sp³-hybridized carbons (Fsp3) is 0.200. The second kappa shape index (κ2) is 5.58. The first-order chi connectivity index (χ1) is 10.1. The lowest BCUT2D eigenvalue weighted by Gasteiger charge is -2.17. The van der Waals surface area contributed by atoms with Crippen molar-refractivity contribution in [2.75, 3.05) is 11.1 Å². The monoisotopic (exact) mass is 320 g/mol. The van der Waals surface area contributed by atoms with Crippen molar-refractivity contribution < 1.29 is 4.92 Å². The summed E-state index contributed by atoms with van der Waals surface area (Å²) in [5, 5.41) is 14.5. The van der Waals surface area contributed by atoms with Gasteiger partial charge in [-0.3, -0.25) is 10.1 Å². The summed E-state index contributed by atoms with van der Waals surface area (Å²) in [7, 11) is 0. The summed E-state index contributed by atoms with van der Waals surface area (Å²) in [5.41, 5.74) is 2.87. The molecule has 0 saturated carbocycles. The van der Waals surface area contributed by atoms with E-state index in [1.54, 1.807) is 6.07 Å². The van der Waals surface area contributed by atoms with Crippen LogP contribution in [-0.4, -0.2) is 10.7 Å². The number of nitrogens with zero attached hydrogens (tertiary/aromatic N) is 1. The van der Waals surface area contributed by atoms with E-state index < -0.39 is 4.92 Å². The van der Waals surface area contributed by atoms with E-state index in [1.807, 2.05) is 30.8 Å². The Kier molecular flexibility index (Phi) is 3.78. The molecule has 0 spiro atoms. The maximum absolute atomic E-state index is 10.9. The number of hydrogen-bond acceptors (Lipinski definition) is 4. The van der Waals surface area contributed by atoms with E-state index in [2.05, 4.69) is 17.4 Å². The molecule has 0 saturated heterocycles. The van der Waals surface area contributed by atoms with Gasteiger partial charge in [0.05, 0.1) is 11.0 Å². The zero-order chi connectivity index (χ0) is 15.0. The number of benzene rings is 2. The van der Waals surface area contributed by atoms with Gasteiger partial charge in [0.2, 0.25) is 0 Å². The molecule has 1 atom stereocenters. The van der Waals surface area contributed by atoms with Gasteiger partial charge in [-0.25, -0.2) is 0 Å². The molecule has 0 radical (unpaired) electrons. The molecule has 0 aliphatic carbocycles. The van der Waals surface area contributed by atoms with Crippen LogP contribution in [0.3, 0.4) is 0 Å². The lowest BCUT2D eigenvalue weighted by molar-refractivity contribution is -0.384. The van der Waals surface area contributed by atoms with Crippen molar-refractivity contribution >= 4 is 34.7 Å². The van der Waals surface area contributed by atoms with E-state index in [0.29, 0.717) is 0 Å². The average Bonchev–Trinajstić information content (AvgIpc) is 2.85. The van der Waals surface area contributed by atoms with E-state index in [4.69, 9.17) is 11.6 Å². The van der Waals surface area contributed by atoms with Crippen LogP contribution in [0.25, 0.3) is 0 Å². The van der Waals surface area contributed by atoms with Crippen LogP contribution in [0.2, 0.25) is 5.02 Å². The van der Waals surface area contributed by atoms with Crippen molar-refractivity contribution in [3.8, 4) is 0 Å². The molecule has 0 aromatic heterocycles. The van der Waals surface area contributed by atoms with Gasteiger partial charge in [0, 0.05) is 22.4 Å². The largest absolute Gasteiger partial charge is 0.377 e. The van der Waals surface area contributed by atoms with Gasteiger partial charge in [-0.2, -0.15) is 0 Å². The number of nitro benzene ring substituents is 1. The van der Waals surface area contributed by atoms with Gasteiger partial charge in [-0.1, -0.05) is 29.8 Å². The van der Waals surface area contributed by atoms with Crippen LogP contribution in [0.15, 0.2) is 41.3 Å². The molecule has 1 aliphatic rings. The Morgan fingerprint density at radius 3 is 2.90 bits per heavy atom. The van der Waals surface area contributed by atoms with Crippen LogP contribution in [0.1, 0.15) is 17.2 Å². The van der Waals surface area contributed by atoms with E-state index in [1.165, 1.54) is 16.5 Å². The third-order valence-electron chi connectivity index (χ3n) is 3.52. The lowest BCUT2D eigenvalue weighted by atomic mass is 10.1. The standard InChI is InChI=1S/C15H13ClN2O2S/c1-9-6-14(18(19)20)11(16)7-12(9)17-13-8-21-15-5-3-2-4-10(13)15/h2-7,13,17H,8H2,1H3. The fourth-order valence-electron chi connectivity index (χ4n) is 2.43. The highest BCUT2D eigenvalue weighted by molar-refractivity contribution is 7.99. The molecule has 0 fully saturated rings. The molecule has 0 amide bonds. The van der Waals surface area contributed by atoms with Crippen LogP contribution in [-0.2, 0) is 0 Å². The minimum Gasteiger partial charge on any atom is -0.377 e. The predicted octanol–water partition coefficient (Wildman–Crippen LogP) is 4.82. The van der Waals surface area contributed by atoms with Gasteiger partial charge in [-0.05, 0) is 30.2 Å². The zero-order valence-corrected chi connectivity index (χ0v) is 12.9. The molecule has 0 bridgehead atoms. The maximum Gasteiger partial charge on any atom is 0.288 e. The van der Waals surface area contributed by atoms with Gasteiger partial charge >= 0.3 is 0 Å². The second-order valence-corrected chi connectivity index (χ2v) is 6.39. The minimum absolute atomic E-state index is 0.0547. The Labute approximate surface area is 131 Å². The second-order valence-electron chi connectivity index (χ2n) is 4.92. The highest BCUT2D eigenvalue weighted by Gasteiger charge is 2.24. The SMILES string of the molecule is Cc1cc([N+](=O)[O-])c(Cl)cc1NC1CSc2ccccc21. The summed E-state index contributed by atoms with van der Waals surface area (Å²) < 4.78 is 0. The maximum atomic E-state index is 10.9. The Hall–Kier alpha value is -1.72. The summed E-state index contributed by atoms with van der Waals surface area (Å²) in [4.78, 5) is 11.7. The molecular formula is C15H13ClN2O2S. The number of nitrogens with one attached hydrogen (secondary N) is 1. The van der Waals surface area contributed by atoms with E-state index in [-0.39, 0.29) is 16.8 Å². The third kappa shape index (κ3) is 2.71. The number of nitro groups is 1. The fourth-order valence-corrected chi connectivity index (χ4v) is 3.83. The lowest BCUT2D eigenvalue weighted by Crippen LogP contribution is -2.11. The Bertz CT molecular complexity index is 721. The Morgan fingerprint density at radius 1 is 1.38 bits per heavy atom. The molecule has 108 valence electrons. The third-order valence-corrected chi connectivity index (χ3v) is 5.01. The van der Waals surface area contributed by atoms with Gasteiger partial charge in [0.1, 0.15) is 5.02 Å². The molecule has 1 N–H and O–H groups in total. The normalized spacial score (nSPS) is 16.6. The Balaban J connectivity index is 1.90. The summed E-state index contributed by atoms with van der Waals surface area (Å²) in [6, 6.07) is 11.6. The van der Waals surface area contributed by atoms with Crippen LogP contribution in [0.4, 0.5) is 11.4 Å². The van der Waals surface area contributed by atoms with Crippen molar-refractivity contribution in [2.45, 2.75) is 17.9 Å². The number of hydrogen-bond donors (Lipinski definition) is 1. The number of rotatable bonds is 3. The number of thioether (sulfide) groups is 1. The topological polar surface area (TPSA) is 55.2 Å². The number of fused-ring (bicyclic) bond motifs is 1. The molecule has 4 nitrogen and oxygen atoms in total. The van der Waals surface area contributed by atoms with Crippen molar-refractivity contribution in [2.24, 2.45) is 0 Å². The molecular weight excluding hydrogens is 308 g/mol. The first kappa shape index (κ1) is 14.2. The number of halogens is 1. The summed E-state index contributed by atoms with van der Waals surface area (Å²) in [6.07, 6.45) is 0. The molecule has 2 aromatic carbocycles. The van der Waals surface area contributed by atoms with Crippen LogP contribution in [0.5, 0.6) is 0 Å². The van der Waals surface area contributed by atoms with Gasteiger partial charge in [-0.15, -0.1) is 11.8 Å². The minimum atomic E-state index is -0.458. The summed E-state index contributed by atoms with van der Waals surface area (Å²) >= 11 is 7.80. The molecule has 1 unspecified atom stereocenters. The van der Waals surface area contributed by atoms with Crippen molar-refractivity contribution in [1.29, 1.82) is 0 Å². The first-order valence-electron chi connectivity index (χ1n) is 6.49. The Morgan fingerprint density at radius 2 is 2.14 bits per heavy atom. The highest BCUT2D eigenvalue weighted by atomic mass is 35.5. The number of anilines is 1. The quantitative estimate of drug-likeness (QED) is 0.651. The van der Waals surface area contributed by atoms with Gasteiger partial charge < -0.3 is 5.32 Å². The summed E-state index contributed by atoms with van der Waals surface area (Å²) in [5.74, 6) is 0.938. The number of aryl methyl sites for hydroxylation is 1. The van der Waals surface area contributed by atoms with Crippen molar-refractivity contribution in [3.63, 3.8) is 0 Å². The van der Waals surface area contributed by atoms with E-state index in [0.717, 1.165) is 17.0 Å². The molecule has 21 heavy (non-hydrogen) atoms. The van der Waals surface area contributed by atoms with Crippen molar-refractivity contribution in [3.05, 3.63) is 62.7 Å². The van der Waals surface area contributed by atoms with Gasteiger partial charge in [0.15, 0.2) is 0 Å². The molecule has 6 heteroatoms. The van der Waals surface area contributed by atoms with E-state index >= 15 is 0 Å². The van der Waals surface area contributed by atoms with Crippen LogP contribution >= 0.6 is 23.4 Å². The smallest absolute Gasteiger partial charge is 0.288 e. The van der Waals surface area contributed by atoms with Gasteiger partial charge in [0.25, 0.3) is 5.69 Å². The molecule has 3 rings (SSSR count). The zero-order valence-electron chi connectivity index (χ0n) is 11.3.